The smallest absolute Gasteiger partial charge is 0.224 e. The van der Waals surface area contributed by atoms with E-state index in [0.29, 0.717) is 26.1 Å². The fourth-order valence-corrected chi connectivity index (χ4v) is 6.23. The second-order valence-electron chi connectivity index (χ2n) is 11.2. The molecule has 2 spiro atoms. The van der Waals surface area contributed by atoms with Crippen molar-refractivity contribution < 1.29 is 28.5 Å². The van der Waals surface area contributed by atoms with Crippen LogP contribution in [0.2, 0.25) is 18.1 Å². The van der Waals surface area contributed by atoms with Crippen molar-refractivity contribution in [2.75, 3.05) is 19.8 Å². The third-order valence-electron chi connectivity index (χ3n) is 7.92. The summed E-state index contributed by atoms with van der Waals surface area (Å²) in [6.07, 6.45) is 3.92. The molecule has 3 heterocycles. The summed E-state index contributed by atoms with van der Waals surface area (Å²) in [5.41, 5.74) is 1.03. The van der Waals surface area contributed by atoms with Crippen molar-refractivity contribution in [3.05, 3.63) is 35.9 Å². The first-order valence-electron chi connectivity index (χ1n) is 12.6. The minimum absolute atomic E-state index is 0.0248. The fourth-order valence-electron chi connectivity index (χ4n) is 4.97. The fraction of sp³-hybridized carbons (Fsp3) is 0.769. The monoisotopic (exact) mass is 478 g/mol. The van der Waals surface area contributed by atoms with Crippen LogP contribution in [0.5, 0.6) is 0 Å². The van der Waals surface area contributed by atoms with Gasteiger partial charge in [0.2, 0.25) is 11.6 Å². The second kappa shape index (κ2) is 9.68. The molecule has 0 amide bonds. The maximum Gasteiger partial charge on any atom is 0.224 e. The Labute approximate surface area is 200 Å². The zero-order chi connectivity index (χ0) is 23.7. The third kappa shape index (κ3) is 4.83. The molecule has 0 saturated carbocycles. The molecular weight excluding hydrogens is 436 g/mol. The van der Waals surface area contributed by atoms with Crippen molar-refractivity contribution in [2.45, 2.75) is 107 Å². The first kappa shape index (κ1) is 25.3. The Balaban J connectivity index is 1.74. The van der Waals surface area contributed by atoms with Gasteiger partial charge in [-0.15, -0.1) is 0 Å². The lowest BCUT2D eigenvalue weighted by Crippen LogP contribution is -2.71. The molecule has 4 rings (SSSR count). The number of benzene rings is 1. The molecule has 0 aromatic heterocycles. The molecule has 1 N–H and O–H groups in total. The summed E-state index contributed by atoms with van der Waals surface area (Å²) in [5, 5.41) is 10.5. The van der Waals surface area contributed by atoms with Crippen LogP contribution in [0.4, 0.5) is 0 Å². The Kier molecular flexibility index (Phi) is 7.42. The van der Waals surface area contributed by atoms with Crippen LogP contribution in [-0.2, 0) is 23.4 Å². The molecule has 0 bridgehead atoms. The Morgan fingerprint density at radius 2 is 1.55 bits per heavy atom. The lowest BCUT2D eigenvalue weighted by atomic mass is 9.87. The average molecular weight is 479 g/mol. The van der Waals surface area contributed by atoms with E-state index in [0.717, 1.165) is 31.2 Å². The number of fused-ring (bicyclic) bond motifs is 1. The highest BCUT2D eigenvalue weighted by atomic mass is 28.4. The van der Waals surface area contributed by atoms with Gasteiger partial charge < -0.3 is 28.5 Å². The quantitative estimate of drug-likeness (QED) is 0.578. The van der Waals surface area contributed by atoms with Crippen molar-refractivity contribution in [2.24, 2.45) is 0 Å². The number of aliphatic hydroxyl groups excluding tert-OH is 1. The Morgan fingerprint density at radius 1 is 0.970 bits per heavy atom. The van der Waals surface area contributed by atoms with Crippen LogP contribution in [0.15, 0.2) is 30.3 Å². The maximum absolute atomic E-state index is 10.5. The molecule has 6 nitrogen and oxygen atoms in total. The molecule has 3 fully saturated rings. The Morgan fingerprint density at radius 3 is 2.03 bits per heavy atom. The van der Waals surface area contributed by atoms with Gasteiger partial charge in [0.1, 0.15) is 12.2 Å². The van der Waals surface area contributed by atoms with Crippen LogP contribution in [0, 0.1) is 0 Å². The SMILES string of the molecule is CC(C)(C)[Si](C)(C)O[C@@H](c1ccccc1)[C@@H]1O[C@]2(CCCCO2)[C@@]2(CCCCO2)O[C@@H]1CO. The highest BCUT2D eigenvalue weighted by Crippen LogP contribution is 2.52. The summed E-state index contributed by atoms with van der Waals surface area (Å²) in [6.45, 7) is 12.3. The van der Waals surface area contributed by atoms with E-state index in [1.807, 2.05) is 18.2 Å². The summed E-state index contributed by atoms with van der Waals surface area (Å²) in [6, 6.07) is 10.2. The Hall–Kier alpha value is -0.803. The molecule has 7 heteroatoms. The van der Waals surface area contributed by atoms with Crippen LogP contribution in [0.25, 0.3) is 0 Å². The van der Waals surface area contributed by atoms with Crippen molar-refractivity contribution in [3.8, 4) is 0 Å². The summed E-state index contributed by atoms with van der Waals surface area (Å²) < 4.78 is 33.3. The molecule has 0 aliphatic carbocycles. The number of ether oxygens (including phenoxy) is 4. The summed E-state index contributed by atoms with van der Waals surface area (Å²) >= 11 is 0. The minimum Gasteiger partial charge on any atom is -0.407 e. The van der Waals surface area contributed by atoms with Gasteiger partial charge in [-0.3, -0.25) is 0 Å². The second-order valence-corrected chi connectivity index (χ2v) is 16.0. The number of rotatable bonds is 5. The highest BCUT2D eigenvalue weighted by Gasteiger charge is 2.64. The van der Waals surface area contributed by atoms with E-state index in [1.165, 1.54) is 0 Å². The van der Waals surface area contributed by atoms with Crippen LogP contribution < -0.4 is 0 Å². The normalized spacial score (nSPS) is 34.5. The van der Waals surface area contributed by atoms with Crippen LogP contribution in [-0.4, -0.2) is 57.0 Å². The average Bonchev–Trinajstić information content (AvgIpc) is 2.80. The maximum atomic E-state index is 10.5. The molecular formula is C26H42O6Si. The molecule has 3 aliphatic rings. The molecule has 0 radical (unpaired) electrons. The zero-order valence-corrected chi connectivity index (χ0v) is 22.0. The van der Waals surface area contributed by atoms with Gasteiger partial charge in [-0.1, -0.05) is 51.1 Å². The van der Waals surface area contributed by atoms with Gasteiger partial charge in [-0.2, -0.15) is 0 Å². The molecule has 186 valence electrons. The molecule has 1 aromatic carbocycles. The van der Waals surface area contributed by atoms with Gasteiger partial charge in [0.05, 0.1) is 25.9 Å². The van der Waals surface area contributed by atoms with Crippen LogP contribution in [0.1, 0.15) is 71.0 Å². The van der Waals surface area contributed by atoms with E-state index in [4.69, 9.17) is 23.4 Å². The van der Waals surface area contributed by atoms with E-state index in [9.17, 15) is 5.11 Å². The minimum atomic E-state index is -2.18. The van der Waals surface area contributed by atoms with Crippen molar-refractivity contribution in [1.82, 2.24) is 0 Å². The first-order chi connectivity index (χ1) is 15.6. The predicted octanol–water partition coefficient (Wildman–Crippen LogP) is 5.32. The van der Waals surface area contributed by atoms with Crippen molar-refractivity contribution >= 4 is 8.32 Å². The van der Waals surface area contributed by atoms with Gasteiger partial charge >= 0.3 is 0 Å². The molecule has 33 heavy (non-hydrogen) atoms. The Bertz CT molecular complexity index is 765. The largest absolute Gasteiger partial charge is 0.407 e. The van der Waals surface area contributed by atoms with Gasteiger partial charge in [-0.05, 0) is 49.4 Å². The van der Waals surface area contributed by atoms with E-state index in [1.54, 1.807) is 0 Å². The molecule has 5 atom stereocenters. The van der Waals surface area contributed by atoms with E-state index < -0.39 is 32.1 Å². The van der Waals surface area contributed by atoms with Gasteiger partial charge in [0, 0.05) is 12.8 Å². The third-order valence-corrected chi connectivity index (χ3v) is 12.4. The zero-order valence-electron chi connectivity index (χ0n) is 21.0. The molecule has 3 aliphatic heterocycles. The van der Waals surface area contributed by atoms with E-state index >= 15 is 0 Å². The molecule has 0 unspecified atom stereocenters. The van der Waals surface area contributed by atoms with E-state index in [-0.39, 0.29) is 17.7 Å². The lowest BCUT2D eigenvalue weighted by Gasteiger charge is -2.59. The summed E-state index contributed by atoms with van der Waals surface area (Å²) in [5.74, 6) is -1.96. The summed E-state index contributed by atoms with van der Waals surface area (Å²) in [4.78, 5) is 0. The predicted molar refractivity (Wildman–Crippen MR) is 129 cm³/mol. The van der Waals surface area contributed by atoms with Gasteiger partial charge in [-0.25, -0.2) is 0 Å². The number of aliphatic hydroxyl groups is 1. The topological polar surface area (TPSA) is 66.4 Å². The van der Waals surface area contributed by atoms with Crippen LogP contribution >= 0.6 is 0 Å². The number of hydrogen-bond acceptors (Lipinski definition) is 6. The van der Waals surface area contributed by atoms with Gasteiger partial charge in [0.15, 0.2) is 8.32 Å². The van der Waals surface area contributed by atoms with Crippen LogP contribution in [0.3, 0.4) is 0 Å². The van der Waals surface area contributed by atoms with Crippen molar-refractivity contribution in [1.29, 1.82) is 0 Å². The standard InChI is InChI=1S/C26H42O6Si/c1-24(2,3)33(4,5)32-22(20-13-7-6-8-14-20)23-21(19-27)30-25(15-9-11-17-28-25)26(31-23)16-10-12-18-29-26/h6-8,13-14,21-23,27H,9-12,15-19H2,1-5H3/t21-,22+,23-,25-,26-/m1/s1. The lowest BCUT2D eigenvalue weighted by molar-refractivity contribution is -0.487. The molecule has 1 aromatic rings. The number of hydrogen-bond donors (Lipinski definition) is 1. The van der Waals surface area contributed by atoms with E-state index in [2.05, 4.69) is 46.0 Å². The van der Waals surface area contributed by atoms with Crippen molar-refractivity contribution in [3.63, 3.8) is 0 Å². The highest BCUT2D eigenvalue weighted by molar-refractivity contribution is 6.74. The van der Waals surface area contributed by atoms with Gasteiger partial charge in [0.25, 0.3) is 0 Å². The molecule has 3 saturated heterocycles. The summed E-state index contributed by atoms with van der Waals surface area (Å²) in [7, 11) is -2.18. The first-order valence-corrected chi connectivity index (χ1v) is 15.5.